The summed E-state index contributed by atoms with van der Waals surface area (Å²) in [6, 6.07) is 18.0. The third-order valence-electron chi connectivity index (χ3n) is 3.95. The van der Waals surface area contributed by atoms with Crippen molar-refractivity contribution in [1.82, 2.24) is 4.90 Å². The second-order valence-electron chi connectivity index (χ2n) is 5.91. The molecule has 2 atom stereocenters. The van der Waals surface area contributed by atoms with Crippen molar-refractivity contribution in [2.45, 2.75) is 26.1 Å². The Morgan fingerprint density at radius 1 is 0.909 bits per heavy atom. The molecule has 3 nitrogen and oxygen atoms in total. The van der Waals surface area contributed by atoms with Gasteiger partial charge in [-0.2, -0.15) is 0 Å². The van der Waals surface area contributed by atoms with Gasteiger partial charge in [-0.15, -0.1) is 0 Å². The van der Waals surface area contributed by atoms with Gasteiger partial charge in [0.1, 0.15) is 0 Å². The van der Waals surface area contributed by atoms with E-state index in [-0.39, 0.29) is 18.1 Å². The Morgan fingerprint density at radius 2 is 1.45 bits per heavy atom. The molecule has 22 heavy (non-hydrogen) atoms. The van der Waals surface area contributed by atoms with Crippen molar-refractivity contribution < 1.29 is 9.53 Å². The van der Waals surface area contributed by atoms with Gasteiger partial charge in [-0.05, 0) is 37.1 Å². The first-order chi connectivity index (χ1) is 10.6. The molecule has 1 aliphatic rings. The van der Waals surface area contributed by atoms with Crippen molar-refractivity contribution in [2.24, 2.45) is 0 Å². The Kier molecular flexibility index (Phi) is 4.25. The fourth-order valence-corrected chi connectivity index (χ4v) is 2.96. The molecule has 0 bridgehead atoms. The van der Waals surface area contributed by atoms with E-state index in [1.807, 2.05) is 61.2 Å². The van der Waals surface area contributed by atoms with Crippen LogP contribution in [0.25, 0.3) is 11.1 Å². The van der Waals surface area contributed by atoms with Crippen LogP contribution in [0.5, 0.6) is 0 Å². The third kappa shape index (κ3) is 3.20. The number of nitrogens with zero attached hydrogens (tertiary/aromatic N) is 1. The van der Waals surface area contributed by atoms with Gasteiger partial charge in [0.25, 0.3) is 5.91 Å². The minimum atomic E-state index is 0.0848. The van der Waals surface area contributed by atoms with Crippen LogP contribution in [0.1, 0.15) is 24.2 Å². The maximum absolute atomic E-state index is 12.6. The maximum atomic E-state index is 12.6. The zero-order valence-corrected chi connectivity index (χ0v) is 13.0. The number of benzene rings is 2. The summed E-state index contributed by atoms with van der Waals surface area (Å²) >= 11 is 0. The Labute approximate surface area is 131 Å². The summed E-state index contributed by atoms with van der Waals surface area (Å²) in [7, 11) is 0. The zero-order chi connectivity index (χ0) is 15.5. The molecular weight excluding hydrogens is 274 g/mol. The van der Waals surface area contributed by atoms with Crippen LogP contribution in [0.15, 0.2) is 54.6 Å². The highest BCUT2D eigenvalue weighted by molar-refractivity contribution is 5.94. The molecule has 1 fully saturated rings. The lowest BCUT2D eigenvalue weighted by Crippen LogP contribution is -2.48. The summed E-state index contributed by atoms with van der Waals surface area (Å²) in [6.07, 6.45) is 0.188. The Bertz CT molecular complexity index is 626. The van der Waals surface area contributed by atoms with Crippen molar-refractivity contribution >= 4 is 5.91 Å². The number of amides is 1. The van der Waals surface area contributed by atoms with Gasteiger partial charge in [0, 0.05) is 18.7 Å². The lowest BCUT2D eigenvalue weighted by molar-refractivity contribution is -0.0586. The predicted octanol–water partition coefficient (Wildman–Crippen LogP) is 3.60. The lowest BCUT2D eigenvalue weighted by Gasteiger charge is -2.35. The van der Waals surface area contributed by atoms with E-state index >= 15 is 0 Å². The number of rotatable bonds is 2. The number of hydrogen-bond acceptors (Lipinski definition) is 2. The van der Waals surface area contributed by atoms with Crippen LogP contribution in [-0.2, 0) is 4.74 Å². The molecule has 0 radical (unpaired) electrons. The van der Waals surface area contributed by atoms with Crippen LogP contribution in [0, 0.1) is 0 Å². The highest BCUT2D eigenvalue weighted by Crippen LogP contribution is 2.20. The van der Waals surface area contributed by atoms with Crippen LogP contribution in [0.4, 0.5) is 0 Å². The summed E-state index contributed by atoms with van der Waals surface area (Å²) in [4.78, 5) is 14.5. The highest BCUT2D eigenvalue weighted by atomic mass is 16.5. The summed E-state index contributed by atoms with van der Waals surface area (Å²) in [5.41, 5.74) is 3.02. The van der Waals surface area contributed by atoms with E-state index in [0.717, 1.165) is 16.7 Å². The molecule has 2 aromatic rings. The molecule has 1 amide bonds. The number of carbonyl (C=O) groups excluding carboxylic acids is 1. The smallest absolute Gasteiger partial charge is 0.254 e. The van der Waals surface area contributed by atoms with Crippen LogP contribution in [0.2, 0.25) is 0 Å². The number of hydrogen-bond donors (Lipinski definition) is 0. The molecule has 2 aromatic carbocycles. The van der Waals surface area contributed by atoms with Gasteiger partial charge in [0.2, 0.25) is 0 Å². The Morgan fingerprint density at radius 3 is 2.05 bits per heavy atom. The largest absolute Gasteiger partial charge is 0.372 e. The van der Waals surface area contributed by atoms with Crippen LogP contribution in [-0.4, -0.2) is 36.1 Å². The third-order valence-corrected chi connectivity index (χ3v) is 3.95. The molecule has 3 heteroatoms. The maximum Gasteiger partial charge on any atom is 0.254 e. The highest BCUT2D eigenvalue weighted by Gasteiger charge is 2.26. The molecule has 0 unspecified atom stereocenters. The van der Waals surface area contributed by atoms with Gasteiger partial charge in [-0.1, -0.05) is 42.5 Å². The molecule has 114 valence electrons. The second kappa shape index (κ2) is 6.32. The molecule has 1 heterocycles. The van der Waals surface area contributed by atoms with Crippen LogP contribution < -0.4 is 0 Å². The van der Waals surface area contributed by atoms with Gasteiger partial charge in [-0.3, -0.25) is 4.79 Å². The van der Waals surface area contributed by atoms with Gasteiger partial charge >= 0.3 is 0 Å². The van der Waals surface area contributed by atoms with E-state index in [4.69, 9.17) is 4.74 Å². The van der Waals surface area contributed by atoms with Crippen molar-refractivity contribution in [3.8, 4) is 11.1 Å². The van der Waals surface area contributed by atoms with Gasteiger partial charge < -0.3 is 9.64 Å². The first-order valence-corrected chi connectivity index (χ1v) is 7.73. The molecule has 0 saturated carbocycles. The number of carbonyl (C=O) groups is 1. The van der Waals surface area contributed by atoms with E-state index < -0.39 is 0 Å². The fraction of sp³-hybridized carbons (Fsp3) is 0.316. The Balaban J connectivity index is 1.76. The fourth-order valence-electron chi connectivity index (χ4n) is 2.96. The molecule has 0 N–H and O–H groups in total. The van der Waals surface area contributed by atoms with E-state index in [0.29, 0.717) is 13.1 Å². The van der Waals surface area contributed by atoms with E-state index in [1.165, 1.54) is 0 Å². The summed E-state index contributed by atoms with van der Waals surface area (Å²) in [5.74, 6) is 0.0848. The van der Waals surface area contributed by atoms with E-state index in [1.54, 1.807) is 0 Å². The Hall–Kier alpha value is -2.13. The van der Waals surface area contributed by atoms with Gasteiger partial charge in [-0.25, -0.2) is 0 Å². The lowest BCUT2D eigenvalue weighted by atomic mass is 10.0. The average Bonchev–Trinajstić information content (AvgIpc) is 2.54. The molecule has 0 aromatic heterocycles. The molecule has 1 saturated heterocycles. The molecule has 1 aliphatic heterocycles. The monoisotopic (exact) mass is 295 g/mol. The van der Waals surface area contributed by atoms with Gasteiger partial charge in [0.15, 0.2) is 0 Å². The first-order valence-electron chi connectivity index (χ1n) is 7.73. The minimum absolute atomic E-state index is 0.0848. The minimum Gasteiger partial charge on any atom is -0.372 e. The van der Waals surface area contributed by atoms with E-state index in [9.17, 15) is 4.79 Å². The van der Waals surface area contributed by atoms with E-state index in [2.05, 4.69) is 12.1 Å². The SMILES string of the molecule is C[C@H]1CN(C(=O)c2ccc(-c3ccccc3)cc2)C[C@H](C)O1. The topological polar surface area (TPSA) is 29.5 Å². The quantitative estimate of drug-likeness (QED) is 0.847. The molecule has 0 spiro atoms. The number of morpholine rings is 1. The van der Waals surface area contributed by atoms with Crippen molar-refractivity contribution in [3.05, 3.63) is 60.2 Å². The normalized spacial score (nSPS) is 21.6. The molecule has 3 rings (SSSR count). The van der Waals surface area contributed by atoms with Gasteiger partial charge in [0.05, 0.1) is 12.2 Å². The van der Waals surface area contributed by atoms with Crippen LogP contribution in [0.3, 0.4) is 0 Å². The summed E-state index contributed by atoms with van der Waals surface area (Å²) in [6.45, 7) is 5.33. The average molecular weight is 295 g/mol. The standard InChI is InChI=1S/C19H21NO2/c1-14-12-20(13-15(2)22-14)19(21)18-10-8-17(9-11-18)16-6-4-3-5-7-16/h3-11,14-15H,12-13H2,1-2H3/t14-,15-/m0/s1. The second-order valence-corrected chi connectivity index (χ2v) is 5.91. The summed E-state index contributed by atoms with van der Waals surface area (Å²) < 4.78 is 5.69. The van der Waals surface area contributed by atoms with Crippen molar-refractivity contribution in [3.63, 3.8) is 0 Å². The van der Waals surface area contributed by atoms with Crippen molar-refractivity contribution in [2.75, 3.05) is 13.1 Å². The number of ether oxygens (including phenoxy) is 1. The summed E-state index contributed by atoms with van der Waals surface area (Å²) in [5, 5.41) is 0. The van der Waals surface area contributed by atoms with Crippen LogP contribution >= 0.6 is 0 Å². The molecular formula is C19H21NO2. The zero-order valence-electron chi connectivity index (χ0n) is 13.0. The van der Waals surface area contributed by atoms with Crippen molar-refractivity contribution in [1.29, 1.82) is 0 Å². The molecule has 0 aliphatic carbocycles. The first kappa shape index (κ1) is 14.8. The predicted molar refractivity (Wildman–Crippen MR) is 87.8 cm³/mol.